The molecule has 2 amide bonds. The minimum atomic E-state index is -0.634. The second-order valence-electron chi connectivity index (χ2n) is 11.5. The van der Waals surface area contributed by atoms with Crippen LogP contribution in [0.4, 0.5) is 11.4 Å². The zero-order valence-electron chi connectivity index (χ0n) is 25.9. The SMILES string of the molecule is Nc1ccccc1NC(=O)CCCCCC(=O)NCc1ccc([C@@H]2O[C@H](Cn3cnc(Cl)c3Cl)C[C@H](c3ccc(CO)cc3)O2)cc1. The summed E-state index contributed by atoms with van der Waals surface area (Å²) in [4.78, 5) is 28.7. The van der Waals surface area contributed by atoms with Gasteiger partial charge in [-0.3, -0.25) is 9.59 Å². The van der Waals surface area contributed by atoms with E-state index < -0.39 is 6.29 Å². The highest BCUT2D eigenvalue weighted by Gasteiger charge is 2.33. The predicted molar refractivity (Wildman–Crippen MR) is 182 cm³/mol. The molecule has 5 N–H and O–H groups in total. The number of nitrogen functional groups attached to an aromatic ring is 1. The molecule has 12 heteroatoms. The van der Waals surface area contributed by atoms with Gasteiger partial charge in [-0.15, -0.1) is 0 Å². The number of halogens is 2. The Morgan fingerprint density at radius 3 is 2.26 bits per heavy atom. The molecule has 47 heavy (non-hydrogen) atoms. The largest absolute Gasteiger partial charge is 0.397 e. The molecule has 0 spiro atoms. The van der Waals surface area contributed by atoms with Gasteiger partial charge in [-0.05, 0) is 41.7 Å². The quantitative estimate of drug-likeness (QED) is 0.0857. The molecule has 10 nitrogen and oxygen atoms in total. The van der Waals surface area contributed by atoms with Crippen molar-refractivity contribution in [2.45, 2.75) is 76.7 Å². The van der Waals surface area contributed by atoms with Crippen LogP contribution in [0.25, 0.3) is 0 Å². The standard InChI is InChI=1S/C35H39Cl2N5O5/c36-33-34(37)42(22-40-33)20-27-18-30(25-14-12-24(21-43)13-15-25)47-35(46-27)26-16-10-23(11-17-26)19-39-31(44)8-2-1-3-9-32(45)41-29-7-5-4-6-28(29)38/h4-7,10-17,22,27,30,35,43H,1-3,8-9,18-21,38H2,(H,39,44)(H,41,45)/t27-,30+,35+/m0/s1. The topological polar surface area (TPSA) is 141 Å². The zero-order valence-corrected chi connectivity index (χ0v) is 27.4. The second-order valence-corrected chi connectivity index (χ2v) is 12.3. The Bertz CT molecular complexity index is 1630. The maximum Gasteiger partial charge on any atom is 0.224 e. The molecule has 3 aromatic carbocycles. The number of ether oxygens (including phenoxy) is 2. The molecule has 1 aliphatic heterocycles. The third-order valence-corrected chi connectivity index (χ3v) is 8.80. The molecule has 0 unspecified atom stereocenters. The average Bonchev–Trinajstić information content (AvgIpc) is 3.40. The van der Waals surface area contributed by atoms with Crippen LogP contribution in [-0.4, -0.2) is 32.6 Å². The van der Waals surface area contributed by atoms with Crippen LogP contribution in [0, 0.1) is 0 Å². The first-order valence-electron chi connectivity index (χ1n) is 15.7. The number of unbranched alkanes of at least 4 members (excludes halogenated alkanes) is 2. The van der Waals surface area contributed by atoms with Gasteiger partial charge in [-0.25, -0.2) is 4.98 Å². The molecular weight excluding hydrogens is 641 g/mol. The fourth-order valence-electron chi connectivity index (χ4n) is 5.38. The Balaban J connectivity index is 1.09. The molecule has 4 aromatic rings. The van der Waals surface area contributed by atoms with Gasteiger partial charge >= 0.3 is 0 Å². The fourth-order valence-corrected chi connectivity index (χ4v) is 5.69. The van der Waals surface area contributed by atoms with E-state index in [1.54, 1.807) is 23.0 Å². The van der Waals surface area contributed by atoms with Crippen molar-refractivity contribution in [2.75, 3.05) is 11.1 Å². The number of nitrogens with one attached hydrogen (secondary N) is 2. The van der Waals surface area contributed by atoms with Crippen LogP contribution in [0.2, 0.25) is 10.3 Å². The van der Waals surface area contributed by atoms with Gasteiger partial charge in [-0.2, -0.15) is 0 Å². The van der Waals surface area contributed by atoms with Crippen molar-refractivity contribution in [3.8, 4) is 0 Å². The average molecular weight is 681 g/mol. The van der Waals surface area contributed by atoms with E-state index in [-0.39, 0.29) is 35.8 Å². The number of nitrogens with zero attached hydrogens (tertiary/aromatic N) is 2. The first-order chi connectivity index (χ1) is 22.8. The van der Waals surface area contributed by atoms with Crippen LogP contribution in [0.15, 0.2) is 79.1 Å². The van der Waals surface area contributed by atoms with Crippen molar-refractivity contribution in [3.63, 3.8) is 0 Å². The van der Waals surface area contributed by atoms with E-state index in [9.17, 15) is 14.7 Å². The molecular formula is C35H39Cl2N5O5. The number of aliphatic hydroxyl groups is 1. The molecule has 0 radical (unpaired) electrons. The Labute approximate surface area is 284 Å². The van der Waals surface area contributed by atoms with E-state index in [0.717, 1.165) is 28.7 Å². The summed E-state index contributed by atoms with van der Waals surface area (Å²) in [5.74, 6) is -0.124. The summed E-state index contributed by atoms with van der Waals surface area (Å²) in [6.45, 7) is 0.817. The molecule has 0 bridgehead atoms. The van der Waals surface area contributed by atoms with Crippen molar-refractivity contribution in [1.82, 2.24) is 14.9 Å². The molecule has 1 fully saturated rings. The van der Waals surface area contributed by atoms with Crippen molar-refractivity contribution < 1.29 is 24.2 Å². The lowest BCUT2D eigenvalue weighted by atomic mass is 10.00. The lowest BCUT2D eigenvalue weighted by Crippen LogP contribution is -2.32. The Morgan fingerprint density at radius 2 is 1.57 bits per heavy atom. The lowest BCUT2D eigenvalue weighted by Gasteiger charge is -2.36. The van der Waals surface area contributed by atoms with Crippen molar-refractivity contribution in [1.29, 1.82) is 0 Å². The van der Waals surface area contributed by atoms with E-state index >= 15 is 0 Å². The molecule has 1 aromatic heterocycles. The van der Waals surface area contributed by atoms with E-state index in [4.69, 9.17) is 38.4 Å². The van der Waals surface area contributed by atoms with Gasteiger partial charge < -0.3 is 35.5 Å². The van der Waals surface area contributed by atoms with Gasteiger partial charge in [-0.1, -0.05) is 90.3 Å². The van der Waals surface area contributed by atoms with Gasteiger partial charge in [0.1, 0.15) is 5.15 Å². The van der Waals surface area contributed by atoms with Crippen molar-refractivity contribution >= 4 is 46.4 Å². The summed E-state index contributed by atoms with van der Waals surface area (Å²) >= 11 is 12.4. The van der Waals surface area contributed by atoms with E-state index in [1.165, 1.54) is 0 Å². The number of amides is 2. The van der Waals surface area contributed by atoms with Gasteiger partial charge in [0.25, 0.3) is 0 Å². The number of nitrogens with two attached hydrogens (primary N) is 1. The maximum absolute atomic E-state index is 12.4. The number of carbonyl (C=O) groups is 2. The number of benzene rings is 3. The normalized spacial score (nSPS) is 17.7. The maximum atomic E-state index is 12.4. The summed E-state index contributed by atoms with van der Waals surface area (Å²) in [6.07, 6.45) is 3.98. The van der Waals surface area contributed by atoms with Gasteiger partial charge in [0.2, 0.25) is 11.8 Å². The Hall–Kier alpha value is -3.93. The fraction of sp³-hybridized carbons (Fsp3) is 0.343. The first-order valence-corrected chi connectivity index (χ1v) is 16.4. The number of para-hydroxylation sites is 2. The third-order valence-electron chi connectivity index (χ3n) is 8.03. The molecule has 5 rings (SSSR count). The van der Waals surface area contributed by atoms with Crippen LogP contribution in [0.1, 0.15) is 73.2 Å². The summed E-state index contributed by atoms with van der Waals surface area (Å²) in [6, 6.07) is 22.6. The number of aliphatic hydroxyl groups excluding tert-OH is 1. The highest BCUT2D eigenvalue weighted by Crippen LogP contribution is 2.39. The molecule has 3 atom stereocenters. The van der Waals surface area contributed by atoms with Gasteiger partial charge in [0.15, 0.2) is 11.4 Å². The minimum Gasteiger partial charge on any atom is -0.397 e. The number of aromatic nitrogens is 2. The summed E-state index contributed by atoms with van der Waals surface area (Å²) in [5.41, 5.74) is 10.6. The van der Waals surface area contributed by atoms with Crippen LogP contribution >= 0.6 is 23.2 Å². The highest BCUT2D eigenvalue weighted by atomic mass is 35.5. The lowest BCUT2D eigenvalue weighted by molar-refractivity contribution is -0.252. The zero-order chi connectivity index (χ0) is 33.2. The van der Waals surface area contributed by atoms with Crippen molar-refractivity contribution in [2.24, 2.45) is 0 Å². The highest BCUT2D eigenvalue weighted by molar-refractivity contribution is 6.40. The Morgan fingerprint density at radius 1 is 0.894 bits per heavy atom. The molecule has 1 saturated heterocycles. The number of imidazole rings is 1. The number of hydrogen-bond donors (Lipinski definition) is 4. The number of carbonyl (C=O) groups excluding carboxylic acids is 2. The third kappa shape index (κ3) is 9.79. The summed E-state index contributed by atoms with van der Waals surface area (Å²) in [7, 11) is 0. The molecule has 248 valence electrons. The number of anilines is 2. The van der Waals surface area contributed by atoms with Gasteiger partial charge in [0.05, 0.1) is 43.1 Å². The predicted octanol–water partition coefficient (Wildman–Crippen LogP) is 6.72. The van der Waals surface area contributed by atoms with Crippen molar-refractivity contribution in [3.05, 3.63) is 112 Å². The van der Waals surface area contributed by atoms with E-state index in [2.05, 4.69) is 15.6 Å². The Kier molecular flexibility index (Phi) is 12.3. The van der Waals surface area contributed by atoms with Crippen LogP contribution in [0.5, 0.6) is 0 Å². The number of hydrogen-bond acceptors (Lipinski definition) is 7. The summed E-state index contributed by atoms with van der Waals surface area (Å²) in [5, 5.41) is 15.8. The van der Waals surface area contributed by atoms with E-state index in [1.807, 2.05) is 60.7 Å². The van der Waals surface area contributed by atoms with Gasteiger partial charge in [0, 0.05) is 31.4 Å². The van der Waals surface area contributed by atoms with Crippen LogP contribution in [-0.2, 0) is 38.8 Å². The number of rotatable bonds is 14. The van der Waals surface area contributed by atoms with Crippen LogP contribution in [0.3, 0.4) is 0 Å². The second kappa shape index (κ2) is 16.8. The molecule has 1 aliphatic rings. The monoisotopic (exact) mass is 679 g/mol. The van der Waals surface area contributed by atoms with E-state index in [0.29, 0.717) is 61.7 Å². The molecule has 0 saturated carbocycles. The minimum absolute atomic E-state index is 0.0287. The molecule has 2 heterocycles. The first kappa shape index (κ1) is 34.4. The summed E-state index contributed by atoms with van der Waals surface area (Å²) < 4.78 is 14.6. The molecule has 0 aliphatic carbocycles. The smallest absolute Gasteiger partial charge is 0.224 e. The van der Waals surface area contributed by atoms with Crippen LogP contribution < -0.4 is 16.4 Å².